The SMILES string of the molecule is CCCS(=O)(=O)N1CCC(n2cc(-c3cnc(N)c(/C(=N/N=N)Nc4cccc(Cl)c4F)c3)cn2)CC1. The highest BCUT2D eigenvalue weighted by Crippen LogP contribution is 2.29. The predicted octanol–water partition coefficient (Wildman–Crippen LogP) is 4.50. The van der Waals surface area contributed by atoms with Gasteiger partial charge in [-0.2, -0.15) is 10.6 Å². The lowest BCUT2D eigenvalue weighted by molar-refractivity contribution is 0.261. The number of hydrogen-bond acceptors (Lipinski definition) is 7. The number of amidine groups is 1. The third-order valence-corrected chi connectivity index (χ3v) is 8.48. The highest BCUT2D eigenvalue weighted by atomic mass is 35.5. The molecule has 2 aromatic heterocycles. The molecule has 3 heterocycles. The fourth-order valence-electron chi connectivity index (χ4n) is 4.21. The van der Waals surface area contributed by atoms with Gasteiger partial charge in [-0.25, -0.2) is 22.1 Å². The van der Waals surface area contributed by atoms with Gasteiger partial charge < -0.3 is 11.1 Å². The third kappa shape index (κ3) is 5.95. The number of anilines is 2. The molecule has 0 amide bonds. The summed E-state index contributed by atoms with van der Waals surface area (Å²) < 4.78 is 42.6. The van der Waals surface area contributed by atoms with Gasteiger partial charge in [0.05, 0.1) is 34.3 Å². The molecular weight excluding hydrogens is 521 g/mol. The number of nitrogens with zero attached hydrogens (tertiary/aromatic N) is 6. The van der Waals surface area contributed by atoms with Gasteiger partial charge in [0.1, 0.15) is 5.82 Å². The number of halogens is 2. The number of sulfonamides is 1. The first kappa shape index (κ1) is 26.6. The molecule has 4 rings (SSSR count). The quantitative estimate of drug-likeness (QED) is 0.163. The van der Waals surface area contributed by atoms with E-state index in [0.717, 1.165) is 5.56 Å². The summed E-state index contributed by atoms with van der Waals surface area (Å²) >= 11 is 5.87. The Hall–Kier alpha value is -3.42. The van der Waals surface area contributed by atoms with Crippen molar-refractivity contribution in [2.45, 2.75) is 32.2 Å². The fourth-order valence-corrected chi connectivity index (χ4v) is 5.92. The van der Waals surface area contributed by atoms with Crippen molar-refractivity contribution >= 4 is 39.0 Å². The van der Waals surface area contributed by atoms with E-state index in [0.29, 0.717) is 43.5 Å². The van der Waals surface area contributed by atoms with Crippen LogP contribution >= 0.6 is 11.6 Å². The second kappa shape index (κ2) is 11.3. The first-order valence-electron chi connectivity index (χ1n) is 11.7. The number of nitrogens with one attached hydrogen (secondary N) is 2. The highest BCUT2D eigenvalue weighted by molar-refractivity contribution is 7.89. The number of rotatable bonds is 8. The van der Waals surface area contributed by atoms with Gasteiger partial charge >= 0.3 is 0 Å². The zero-order valence-corrected chi connectivity index (χ0v) is 21.7. The van der Waals surface area contributed by atoms with Gasteiger partial charge in [-0.05, 0) is 37.5 Å². The maximum atomic E-state index is 14.4. The van der Waals surface area contributed by atoms with E-state index < -0.39 is 15.8 Å². The first-order valence-corrected chi connectivity index (χ1v) is 13.7. The number of nitrogen functional groups attached to an aromatic ring is 1. The van der Waals surface area contributed by atoms with E-state index in [9.17, 15) is 12.8 Å². The first-order chi connectivity index (χ1) is 17.7. The second-order valence-corrected chi connectivity index (χ2v) is 11.1. The van der Waals surface area contributed by atoms with E-state index in [2.05, 4.69) is 25.7 Å². The molecule has 14 heteroatoms. The van der Waals surface area contributed by atoms with Gasteiger partial charge in [0.15, 0.2) is 11.7 Å². The average molecular weight is 548 g/mol. The molecule has 0 saturated carbocycles. The minimum absolute atomic E-state index is 0.0241. The maximum Gasteiger partial charge on any atom is 0.214 e. The largest absolute Gasteiger partial charge is 0.383 e. The summed E-state index contributed by atoms with van der Waals surface area (Å²) in [5, 5.41) is 14.1. The Balaban J connectivity index is 1.55. The predicted molar refractivity (Wildman–Crippen MR) is 141 cm³/mol. The summed E-state index contributed by atoms with van der Waals surface area (Å²) in [6.07, 6.45) is 7.04. The van der Waals surface area contributed by atoms with Gasteiger partial charge in [-0.3, -0.25) is 4.68 Å². The van der Waals surface area contributed by atoms with Crippen LogP contribution in [0.1, 0.15) is 37.8 Å². The van der Waals surface area contributed by atoms with E-state index >= 15 is 0 Å². The zero-order chi connectivity index (χ0) is 26.6. The van der Waals surface area contributed by atoms with E-state index in [1.807, 2.05) is 17.8 Å². The normalized spacial score (nSPS) is 15.6. The van der Waals surface area contributed by atoms with Crippen LogP contribution in [-0.2, 0) is 10.0 Å². The molecule has 0 spiro atoms. The van der Waals surface area contributed by atoms with Crippen LogP contribution in [0, 0.1) is 11.3 Å². The fraction of sp³-hybridized carbons (Fsp3) is 0.348. The maximum absolute atomic E-state index is 14.4. The van der Waals surface area contributed by atoms with E-state index in [1.54, 1.807) is 28.8 Å². The molecule has 4 N–H and O–H groups in total. The van der Waals surface area contributed by atoms with Crippen molar-refractivity contribution in [3.05, 3.63) is 59.3 Å². The molecule has 0 unspecified atom stereocenters. The lowest BCUT2D eigenvalue weighted by Crippen LogP contribution is -2.40. The summed E-state index contributed by atoms with van der Waals surface area (Å²) in [5.74, 6) is -0.391. The van der Waals surface area contributed by atoms with Crippen LogP contribution in [0.4, 0.5) is 15.9 Å². The molecule has 1 saturated heterocycles. The molecule has 0 bridgehead atoms. The minimum Gasteiger partial charge on any atom is -0.383 e. The van der Waals surface area contributed by atoms with E-state index in [4.69, 9.17) is 22.9 Å². The van der Waals surface area contributed by atoms with Crippen LogP contribution in [0.15, 0.2) is 53.2 Å². The molecule has 37 heavy (non-hydrogen) atoms. The van der Waals surface area contributed by atoms with Crippen LogP contribution in [0.2, 0.25) is 5.02 Å². The lowest BCUT2D eigenvalue weighted by Gasteiger charge is -2.31. The molecule has 0 radical (unpaired) electrons. The van der Waals surface area contributed by atoms with E-state index in [-0.39, 0.29) is 34.2 Å². The Morgan fingerprint density at radius 2 is 2.05 bits per heavy atom. The summed E-state index contributed by atoms with van der Waals surface area (Å²) in [6.45, 7) is 2.77. The number of pyridine rings is 1. The molecule has 1 aliphatic heterocycles. The number of piperidine rings is 1. The second-order valence-electron chi connectivity index (χ2n) is 8.59. The van der Waals surface area contributed by atoms with Crippen molar-refractivity contribution in [2.24, 2.45) is 10.3 Å². The minimum atomic E-state index is -3.21. The summed E-state index contributed by atoms with van der Waals surface area (Å²) in [7, 11) is -3.21. The van der Waals surface area contributed by atoms with Gasteiger partial charge in [0.2, 0.25) is 10.0 Å². The molecule has 196 valence electrons. The number of nitrogens with two attached hydrogens (primary N) is 1. The Kier molecular flexibility index (Phi) is 8.15. The van der Waals surface area contributed by atoms with Crippen molar-refractivity contribution < 1.29 is 12.8 Å². The number of benzene rings is 1. The van der Waals surface area contributed by atoms with Gasteiger partial charge in [0.25, 0.3) is 0 Å². The Morgan fingerprint density at radius 1 is 1.30 bits per heavy atom. The van der Waals surface area contributed by atoms with Gasteiger partial charge in [-0.1, -0.05) is 29.8 Å². The molecule has 11 nitrogen and oxygen atoms in total. The summed E-state index contributed by atoms with van der Waals surface area (Å²) in [4.78, 5) is 4.24. The third-order valence-electron chi connectivity index (χ3n) is 6.12. The van der Waals surface area contributed by atoms with E-state index in [1.165, 1.54) is 12.1 Å². The zero-order valence-electron chi connectivity index (χ0n) is 20.1. The summed E-state index contributed by atoms with van der Waals surface area (Å²) in [6, 6.07) is 6.21. The molecular formula is C23H27ClFN9O2S. The smallest absolute Gasteiger partial charge is 0.214 e. The van der Waals surface area contributed by atoms with Crippen LogP contribution in [-0.4, -0.2) is 52.2 Å². The van der Waals surface area contributed by atoms with Crippen LogP contribution in [0.5, 0.6) is 0 Å². The highest BCUT2D eigenvalue weighted by Gasteiger charge is 2.28. The lowest BCUT2D eigenvalue weighted by atomic mass is 10.1. The van der Waals surface area contributed by atoms with Crippen molar-refractivity contribution in [1.29, 1.82) is 5.53 Å². The van der Waals surface area contributed by atoms with Crippen LogP contribution in [0.3, 0.4) is 0 Å². The monoisotopic (exact) mass is 547 g/mol. The Bertz CT molecular complexity index is 1420. The van der Waals surface area contributed by atoms with Crippen molar-refractivity contribution in [3.63, 3.8) is 0 Å². The number of hydrogen-bond donors (Lipinski definition) is 3. The van der Waals surface area contributed by atoms with Crippen molar-refractivity contribution in [3.8, 4) is 11.1 Å². The molecule has 3 aromatic rings. The molecule has 1 aliphatic rings. The molecule has 0 atom stereocenters. The Morgan fingerprint density at radius 3 is 2.76 bits per heavy atom. The molecule has 0 aliphatic carbocycles. The van der Waals surface area contributed by atoms with Gasteiger partial charge in [-0.15, -0.1) is 5.10 Å². The van der Waals surface area contributed by atoms with Crippen molar-refractivity contribution in [1.82, 2.24) is 19.1 Å². The average Bonchev–Trinajstić information content (AvgIpc) is 3.37. The van der Waals surface area contributed by atoms with Crippen LogP contribution < -0.4 is 11.1 Å². The molecule has 1 aromatic carbocycles. The van der Waals surface area contributed by atoms with Gasteiger partial charge in [0, 0.05) is 36.6 Å². The standard InChI is InChI=1S/C23H27ClFN9O2S/c1-2-10-37(35,36)33-8-6-17(7-9-33)34-14-16(13-29-34)15-11-18(22(26)28-12-15)23(31-32-27)30-20-5-3-4-19(24)21(20)25/h3-5,11-14,17H,2,6-10H2,1H3,(H2,26,28)(H2,27,30,31). The summed E-state index contributed by atoms with van der Waals surface area (Å²) in [5.41, 5.74) is 15.1. The number of aromatic nitrogens is 3. The van der Waals surface area contributed by atoms with Crippen LogP contribution in [0.25, 0.3) is 11.1 Å². The van der Waals surface area contributed by atoms with Crippen molar-refractivity contribution in [2.75, 3.05) is 29.9 Å². The Labute approximate surface area is 219 Å². The molecule has 1 fully saturated rings. The topological polar surface area (TPSA) is 155 Å².